The van der Waals surface area contributed by atoms with Crippen LogP contribution in [0.4, 0.5) is 15.8 Å². The van der Waals surface area contributed by atoms with Crippen LogP contribution in [0.25, 0.3) is 0 Å². The van der Waals surface area contributed by atoms with Gasteiger partial charge in [-0.3, -0.25) is 14.8 Å². The second kappa shape index (κ2) is 5.46. The van der Waals surface area contributed by atoms with Crippen molar-refractivity contribution in [3.63, 3.8) is 0 Å². The standard InChI is InChI=1S/C10H6BrFN2O4S2/c11-9-1-2-10(19-9)20(17,18)13-7-3-6(12)4-8(5-7)14(15)16/h1-5,13H. The number of nitrogens with zero attached hydrogens (tertiary/aromatic N) is 1. The minimum atomic E-state index is -3.90. The van der Waals surface area contributed by atoms with E-state index in [1.54, 1.807) is 6.07 Å². The molecule has 0 amide bonds. The van der Waals surface area contributed by atoms with Crippen LogP contribution in [0.2, 0.25) is 0 Å². The van der Waals surface area contributed by atoms with Gasteiger partial charge in [-0.05, 0) is 34.1 Å². The molecule has 10 heteroatoms. The molecule has 0 fully saturated rings. The molecular formula is C10H6BrFN2O4S2. The van der Waals surface area contributed by atoms with E-state index >= 15 is 0 Å². The van der Waals surface area contributed by atoms with E-state index in [1.165, 1.54) is 6.07 Å². The lowest BCUT2D eigenvalue weighted by molar-refractivity contribution is -0.385. The smallest absolute Gasteiger partial charge is 0.274 e. The number of benzene rings is 1. The first-order valence-electron chi connectivity index (χ1n) is 5.01. The molecule has 0 saturated heterocycles. The lowest BCUT2D eigenvalue weighted by Crippen LogP contribution is -2.11. The van der Waals surface area contributed by atoms with Crippen LogP contribution in [0.5, 0.6) is 0 Å². The van der Waals surface area contributed by atoms with Gasteiger partial charge < -0.3 is 0 Å². The Balaban J connectivity index is 2.37. The molecule has 1 heterocycles. The predicted molar refractivity (Wildman–Crippen MR) is 75.9 cm³/mol. The number of sulfonamides is 1. The Kier molecular flexibility index (Phi) is 4.06. The third kappa shape index (κ3) is 3.32. The van der Waals surface area contributed by atoms with Gasteiger partial charge in [0, 0.05) is 6.07 Å². The van der Waals surface area contributed by atoms with Gasteiger partial charge in [-0.25, -0.2) is 12.8 Å². The van der Waals surface area contributed by atoms with Crippen molar-refractivity contribution >= 4 is 48.7 Å². The summed E-state index contributed by atoms with van der Waals surface area (Å²) in [4.78, 5) is 9.80. The number of rotatable bonds is 4. The summed E-state index contributed by atoms with van der Waals surface area (Å²) in [5.74, 6) is -0.899. The van der Waals surface area contributed by atoms with Crippen molar-refractivity contribution in [2.24, 2.45) is 0 Å². The summed E-state index contributed by atoms with van der Waals surface area (Å²) in [6, 6.07) is 5.44. The zero-order chi connectivity index (χ0) is 14.9. The van der Waals surface area contributed by atoms with E-state index < -0.39 is 26.5 Å². The van der Waals surface area contributed by atoms with Crippen LogP contribution in [0.3, 0.4) is 0 Å². The maximum atomic E-state index is 13.2. The SMILES string of the molecule is O=[N+]([O-])c1cc(F)cc(NS(=O)(=O)c2ccc(Br)s2)c1. The van der Waals surface area contributed by atoms with Crippen molar-refractivity contribution in [1.82, 2.24) is 0 Å². The van der Waals surface area contributed by atoms with Crippen LogP contribution >= 0.6 is 27.3 Å². The van der Waals surface area contributed by atoms with E-state index in [2.05, 4.69) is 20.7 Å². The number of anilines is 1. The Morgan fingerprint density at radius 2 is 2.00 bits per heavy atom. The second-order valence-corrected chi connectivity index (χ2v) is 7.99. The van der Waals surface area contributed by atoms with Gasteiger partial charge in [0.2, 0.25) is 0 Å². The summed E-state index contributed by atoms with van der Waals surface area (Å²) >= 11 is 4.10. The Bertz CT molecular complexity index is 775. The highest BCUT2D eigenvalue weighted by molar-refractivity contribution is 9.11. The minimum absolute atomic E-state index is 0.0105. The maximum Gasteiger partial charge on any atom is 0.274 e. The van der Waals surface area contributed by atoms with E-state index in [-0.39, 0.29) is 9.90 Å². The minimum Gasteiger partial charge on any atom is -0.279 e. The van der Waals surface area contributed by atoms with E-state index in [9.17, 15) is 22.9 Å². The highest BCUT2D eigenvalue weighted by Gasteiger charge is 2.19. The number of nitro groups is 1. The topological polar surface area (TPSA) is 89.3 Å². The summed E-state index contributed by atoms with van der Waals surface area (Å²) in [6.45, 7) is 0. The van der Waals surface area contributed by atoms with Crippen molar-refractivity contribution < 1.29 is 17.7 Å². The maximum absolute atomic E-state index is 13.2. The first-order valence-corrected chi connectivity index (χ1v) is 8.10. The molecule has 1 aromatic carbocycles. The monoisotopic (exact) mass is 380 g/mol. The molecule has 0 radical (unpaired) electrons. The summed E-state index contributed by atoms with van der Waals surface area (Å²) in [6.07, 6.45) is 0. The average molecular weight is 381 g/mol. The number of nitro benzene ring substituents is 1. The summed E-state index contributed by atoms with van der Waals surface area (Å²) < 4.78 is 39.9. The molecule has 1 aromatic heterocycles. The number of nitrogens with one attached hydrogen (secondary N) is 1. The van der Waals surface area contributed by atoms with Crippen LogP contribution in [-0.4, -0.2) is 13.3 Å². The summed E-state index contributed by atoms with van der Waals surface area (Å²) in [7, 11) is -3.90. The lowest BCUT2D eigenvalue weighted by Gasteiger charge is -2.06. The third-order valence-electron chi connectivity index (χ3n) is 2.16. The van der Waals surface area contributed by atoms with Crippen molar-refractivity contribution in [3.05, 3.63) is 50.0 Å². The molecule has 0 atom stereocenters. The van der Waals surface area contributed by atoms with E-state index in [4.69, 9.17) is 0 Å². The van der Waals surface area contributed by atoms with Gasteiger partial charge in [0.05, 0.1) is 20.5 Å². The number of non-ortho nitro benzene ring substituents is 1. The first kappa shape index (κ1) is 14.9. The zero-order valence-corrected chi connectivity index (χ0v) is 12.8. The first-order chi connectivity index (χ1) is 9.28. The molecule has 0 aliphatic rings. The van der Waals surface area contributed by atoms with Gasteiger partial charge in [-0.15, -0.1) is 11.3 Å². The highest BCUT2D eigenvalue weighted by Crippen LogP contribution is 2.28. The third-order valence-corrected chi connectivity index (χ3v) is 5.66. The molecule has 0 saturated carbocycles. The second-order valence-electron chi connectivity index (χ2n) is 3.62. The quantitative estimate of drug-likeness (QED) is 0.650. The molecule has 0 bridgehead atoms. The molecule has 1 N–H and O–H groups in total. The average Bonchev–Trinajstić information content (AvgIpc) is 2.75. The van der Waals surface area contributed by atoms with E-state index in [0.717, 1.165) is 23.5 Å². The molecule has 0 aliphatic carbocycles. The van der Waals surface area contributed by atoms with Crippen molar-refractivity contribution in [1.29, 1.82) is 0 Å². The van der Waals surface area contributed by atoms with Crippen LogP contribution in [0.15, 0.2) is 38.3 Å². The Labute approximate surface area is 125 Å². The van der Waals surface area contributed by atoms with Gasteiger partial charge in [-0.2, -0.15) is 0 Å². The number of thiophene rings is 1. The molecule has 2 rings (SSSR count). The fourth-order valence-electron chi connectivity index (χ4n) is 1.39. The molecule has 2 aromatic rings. The normalized spacial score (nSPS) is 11.3. The van der Waals surface area contributed by atoms with Crippen molar-refractivity contribution in [2.45, 2.75) is 4.21 Å². The Morgan fingerprint density at radius 3 is 2.55 bits per heavy atom. The number of hydrogen-bond acceptors (Lipinski definition) is 5. The Hall–Kier alpha value is -1.52. The number of hydrogen-bond donors (Lipinski definition) is 1. The van der Waals surface area contributed by atoms with Crippen LogP contribution in [0, 0.1) is 15.9 Å². The molecule has 6 nitrogen and oxygen atoms in total. The van der Waals surface area contributed by atoms with E-state index in [0.29, 0.717) is 9.85 Å². The van der Waals surface area contributed by atoms with Crippen molar-refractivity contribution in [3.8, 4) is 0 Å². The van der Waals surface area contributed by atoms with Gasteiger partial charge in [0.25, 0.3) is 15.7 Å². The molecule has 20 heavy (non-hydrogen) atoms. The van der Waals surface area contributed by atoms with Gasteiger partial charge in [0.1, 0.15) is 10.0 Å². The largest absolute Gasteiger partial charge is 0.279 e. The molecular weight excluding hydrogens is 375 g/mol. The van der Waals surface area contributed by atoms with Gasteiger partial charge in [-0.1, -0.05) is 0 Å². The lowest BCUT2D eigenvalue weighted by atomic mass is 10.3. The fraction of sp³-hybridized carbons (Fsp3) is 0. The van der Waals surface area contributed by atoms with E-state index in [1.807, 2.05) is 0 Å². The molecule has 0 spiro atoms. The number of halogens is 2. The van der Waals surface area contributed by atoms with Crippen LogP contribution in [0.1, 0.15) is 0 Å². The molecule has 0 aliphatic heterocycles. The van der Waals surface area contributed by atoms with Gasteiger partial charge >= 0.3 is 0 Å². The summed E-state index contributed by atoms with van der Waals surface area (Å²) in [5, 5.41) is 10.6. The molecule has 0 unspecified atom stereocenters. The fourth-order valence-corrected chi connectivity index (χ4v) is 4.44. The Morgan fingerprint density at radius 1 is 1.30 bits per heavy atom. The molecule has 106 valence electrons. The van der Waals surface area contributed by atoms with Gasteiger partial charge in [0.15, 0.2) is 0 Å². The van der Waals surface area contributed by atoms with Crippen LogP contribution in [-0.2, 0) is 10.0 Å². The van der Waals surface area contributed by atoms with Crippen LogP contribution < -0.4 is 4.72 Å². The predicted octanol–water partition coefficient (Wildman–Crippen LogP) is 3.36. The van der Waals surface area contributed by atoms with Crippen molar-refractivity contribution in [2.75, 3.05) is 4.72 Å². The highest BCUT2D eigenvalue weighted by atomic mass is 79.9. The summed E-state index contributed by atoms with van der Waals surface area (Å²) in [5.41, 5.74) is -0.740. The zero-order valence-electron chi connectivity index (χ0n) is 9.54.